The number of halogens is 1. The fourth-order valence-corrected chi connectivity index (χ4v) is 5.78. The fourth-order valence-electron chi connectivity index (χ4n) is 4.68. The standard InChI is InChI=1S/C31H33ClN6OS/c1-22-23(2)35-31(36-29(22)38-19-17-37(18-20-38)28-9-4-3-8-27(28)32)40-21-24-10-12-25(13-11-24)30(39)34-16-14-26-7-5-6-15-33-26/h3-13,15H,14,16-21H2,1-2H3,(H,34,39). The van der Waals surface area contributed by atoms with E-state index in [4.69, 9.17) is 21.6 Å². The quantitative estimate of drug-likeness (QED) is 0.203. The van der Waals surface area contributed by atoms with Crippen LogP contribution in [0.2, 0.25) is 5.02 Å². The molecule has 3 heterocycles. The van der Waals surface area contributed by atoms with Crippen molar-refractivity contribution in [1.82, 2.24) is 20.3 Å². The molecule has 1 saturated heterocycles. The van der Waals surface area contributed by atoms with E-state index in [2.05, 4.69) is 33.1 Å². The van der Waals surface area contributed by atoms with Crippen LogP contribution in [0.15, 0.2) is 78.1 Å². The number of carbonyl (C=O) groups excluding carboxylic acids is 1. The normalized spacial score (nSPS) is 13.4. The lowest BCUT2D eigenvalue weighted by molar-refractivity contribution is 0.0954. The van der Waals surface area contributed by atoms with Crippen molar-refractivity contribution in [2.45, 2.75) is 31.2 Å². The number of anilines is 2. The number of piperazine rings is 1. The van der Waals surface area contributed by atoms with Crippen molar-refractivity contribution < 1.29 is 4.79 Å². The molecule has 0 bridgehead atoms. The minimum Gasteiger partial charge on any atom is -0.367 e. The molecule has 7 nitrogen and oxygen atoms in total. The maximum absolute atomic E-state index is 12.5. The molecule has 40 heavy (non-hydrogen) atoms. The van der Waals surface area contributed by atoms with Crippen LogP contribution in [-0.2, 0) is 12.2 Å². The van der Waals surface area contributed by atoms with E-state index in [1.54, 1.807) is 18.0 Å². The molecule has 1 N–H and O–H groups in total. The molecule has 1 aliphatic rings. The van der Waals surface area contributed by atoms with Gasteiger partial charge in [0.05, 0.1) is 10.7 Å². The Morgan fingerprint density at radius 3 is 2.38 bits per heavy atom. The maximum Gasteiger partial charge on any atom is 0.251 e. The number of nitrogens with zero attached hydrogens (tertiary/aromatic N) is 5. The summed E-state index contributed by atoms with van der Waals surface area (Å²) < 4.78 is 0. The Morgan fingerprint density at radius 1 is 0.925 bits per heavy atom. The number of pyridine rings is 1. The zero-order chi connectivity index (χ0) is 27.9. The molecule has 9 heteroatoms. The Bertz CT molecular complexity index is 1440. The molecule has 5 rings (SSSR count). The molecule has 4 aromatic rings. The van der Waals surface area contributed by atoms with Gasteiger partial charge in [-0.25, -0.2) is 9.97 Å². The van der Waals surface area contributed by atoms with Gasteiger partial charge in [0.1, 0.15) is 5.82 Å². The van der Waals surface area contributed by atoms with Gasteiger partial charge >= 0.3 is 0 Å². The lowest BCUT2D eigenvalue weighted by Gasteiger charge is -2.37. The van der Waals surface area contributed by atoms with Crippen molar-refractivity contribution >= 4 is 40.8 Å². The number of aromatic nitrogens is 3. The Labute approximate surface area is 245 Å². The number of rotatable bonds is 9. The third-order valence-electron chi connectivity index (χ3n) is 7.09. The molecule has 0 spiro atoms. The number of nitrogens with one attached hydrogen (secondary N) is 1. The Morgan fingerprint density at radius 2 is 1.65 bits per heavy atom. The van der Waals surface area contributed by atoms with Crippen molar-refractivity contribution in [3.05, 3.63) is 106 Å². The van der Waals surface area contributed by atoms with E-state index in [-0.39, 0.29) is 5.91 Å². The molecule has 0 aliphatic carbocycles. The van der Waals surface area contributed by atoms with E-state index in [9.17, 15) is 4.79 Å². The number of thioether (sulfide) groups is 1. The smallest absolute Gasteiger partial charge is 0.251 e. The van der Waals surface area contributed by atoms with E-state index < -0.39 is 0 Å². The molecule has 0 radical (unpaired) electrons. The van der Waals surface area contributed by atoms with E-state index in [1.165, 1.54) is 0 Å². The highest BCUT2D eigenvalue weighted by atomic mass is 35.5. The van der Waals surface area contributed by atoms with Crippen molar-refractivity contribution in [2.24, 2.45) is 0 Å². The van der Waals surface area contributed by atoms with Gasteiger partial charge in [-0.2, -0.15) is 0 Å². The van der Waals surface area contributed by atoms with Gasteiger partial charge in [0.15, 0.2) is 5.16 Å². The molecule has 0 atom stereocenters. The number of benzene rings is 2. The second-order valence-electron chi connectivity index (χ2n) is 9.78. The van der Waals surface area contributed by atoms with Gasteiger partial charge < -0.3 is 15.1 Å². The second-order valence-corrected chi connectivity index (χ2v) is 11.1. The molecule has 1 aliphatic heterocycles. The van der Waals surface area contributed by atoms with Crippen LogP contribution >= 0.6 is 23.4 Å². The minimum absolute atomic E-state index is 0.0769. The highest BCUT2D eigenvalue weighted by Gasteiger charge is 2.22. The summed E-state index contributed by atoms with van der Waals surface area (Å²) in [7, 11) is 0. The highest BCUT2D eigenvalue weighted by Crippen LogP contribution is 2.30. The van der Waals surface area contributed by atoms with Gasteiger partial charge in [0.2, 0.25) is 0 Å². The molecule has 2 aromatic carbocycles. The van der Waals surface area contributed by atoms with Crippen LogP contribution in [-0.4, -0.2) is 53.6 Å². The van der Waals surface area contributed by atoms with Gasteiger partial charge in [-0.1, -0.05) is 53.7 Å². The predicted molar refractivity (Wildman–Crippen MR) is 164 cm³/mol. The molecule has 0 saturated carbocycles. The summed E-state index contributed by atoms with van der Waals surface area (Å²) in [6.45, 7) is 8.21. The van der Waals surface area contributed by atoms with E-state index >= 15 is 0 Å². The summed E-state index contributed by atoms with van der Waals surface area (Å²) in [5.41, 5.74) is 5.93. The summed E-state index contributed by atoms with van der Waals surface area (Å²) in [5.74, 6) is 1.66. The van der Waals surface area contributed by atoms with E-state index in [1.807, 2.05) is 67.6 Å². The minimum atomic E-state index is -0.0769. The average Bonchev–Trinajstić information content (AvgIpc) is 2.99. The van der Waals surface area contributed by atoms with Crippen LogP contribution in [0.4, 0.5) is 11.5 Å². The van der Waals surface area contributed by atoms with E-state index in [0.29, 0.717) is 18.5 Å². The number of hydrogen-bond acceptors (Lipinski definition) is 7. The number of aryl methyl sites for hydroxylation is 1. The summed E-state index contributed by atoms with van der Waals surface area (Å²) in [4.78, 5) is 31.2. The van der Waals surface area contributed by atoms with Crippen LogP contribution in [0.1, 0.15) is 32.9 Å². The van der Waals surface area contributed by atoms with Gasteiger partial charge in [0.25, 0.3) is 5.91 Å². The van der Waals surface area contributed by atoms with Crippen molar-refractivity contribution in [2.75, 3.05) is 42.5 Å². The monoisotopic (exact) mass is 572 g/mol. The van der Waals surface area contributed by atoms with E-state index in [0.717, 1.165) is 76.1 Å². The topological polar surface area (TPSA) is 74.2 Å². The molecule has 1 fully saturated rings. The third kappa shape index (κ3) is 6.92. The SMILES string of the molecule is Cc1nc(SCc2ccc(C(=O)NCCc3ccccn3)cc2)nc(N2CCN(c3ccccc3Cl)CC2)c1C. The van der Waals surface area contributed by atoms with Gasteiger partial charge in [-0.3, -0.25) is 9.78 Å². The summed E-state index contributed by atoms with van der Waals surface area (Å²) in [5, 5.41) is 4.53. The molecule has 2 aromatic heterocycles. The van der Waals surface area contributed by atoms with Crippen molar-refractivity contribution in [3.8, 4) is 0 Å². The first-order valence-corrected chi connectivity index (χ1v) is 14.8. The largest absolute Gasteiger partial charge is 0.367 e. The number of carbonyl (C=O) groups is 1. The molecule has 206 valence electrons. The first kappa shape index (κ1) is 27.9. The highest BCUT2D eigenvalue weighted by molar-refractivity contribution is 7.98. The van der Waals surface area contributed by atoms with Gasteiger partial charge in [-0.05, 0) is 55.8 Å². The second kappa shape index (κ2) is 13.2. The van der Waals surface area contributed by atoms with Gasteiger partial charge in [0, 0.05) is 73.6 Å². The van der Waals surface area contributed by atoms with Crippen LogP contribution in [0, 0.1) is 13.8 Å². The average molecular weight is 573 g/mol. The fraction of sp³-hybridized carbons (Fsp3) is 0.290. The molecule has 0 unspecified atom stereocenters. The third-order valence-corrected chi connectivity index (χ3v) is 8.33. The first-order chi connectivity index (χ1) is 19.5. The molecule has 1 amide bonds. The van der Waals surface area contributed by atoms with Crippen LogP contribution < -0.4 is 15.1 Å². The Balaban J connectivity index is 1.16. The van der Waals surface area contributed by atoms with Gasteiger partial charge in [-0.15, -0.1) is 0 Å². The number of amides is 1. The number of hydrogen-bond donors (Lipinski definition) is 1. The van der Waals surface area contributed by atoms with Crippen molar-refractivity contribution in [1.29, 1.82) is 0 Å². The van der Waals surface area contributed by atoms with Crippen LogP contribution in [0.25, 0.3) is 0 Å². The zero-order valence-corrected chi connectivity index (χ0v) is 24.4. The van der Waals surface area contributed by atoms with Crippen LogP contribution in [0.3, 0.4) is 0 Å². The summed E-state index contributed by atoms with van der Waals surface area (Å²) in [6, 6.07) is 21.6. The molecular weight excluding hydrogens is 540 g/mol. The predicted octanol–water partition coefficient (Wildman–Crippen LogP) is 5.73. The zero-order valence-electron chi connectivity index (χ0n) is 22.8. The summed E-state index contributed by atoms with van der Waals surface area (Å²) in [6.07, 6.45) is 2.47. The molecular formula is C31H33ClN6OS. The number of para-hydroxylation sites is 1. The summed E-state index contributed by atoms with van der Waals surface area (Å²) >= 11 is 8.04. The Kier molecular flexibility index (Phi) is 9.19. The van der Waals surface area contributed by atoms with Crippen molar-refractivity contribution in [3.63, 3.8) is 0 Å². The first-order valence-electron chi connectivity index (χ1n) is 13.5. The lowest BCUT2D eigenvalue weighted by Crippen LogP contribution is -2.47. The lowest BCUT2D eigenvalue weighted by atomic mass is 10.1. The Hall–Kier alpha value is -3.62. The maximum atomic E-state index is 12.5. The van der Waals surface area contributed by atoms with Crippen LogP contribution in [0.5, 0.6) is 0 Å².